The van der Waals surface area contributed by atoms with Crippen LogP contribution >= 0.6 is 0 Å². The van der Waals surface area contributed by atoms with Gasteiger partial charge in [0.05, 0.1) is 16.5 Å². The molecule has 1 atom stereocenters. The summed E-state index contributed by atoms with van der Waals surface area (Å²) in [6.07, 6.45) is 0.900. The molecule has 106 valence electrons. The summed E-state index contributed by atoms with van der Waals surface area (Å²) in [4.78, 5) is 0.133. The molecule has 2 aromatic carbocycles. The molecule has 1 unspecified atom stereocenters. The van der Waals surface area contributed by atoms with E-state index in [4.69, 9.17) is 5.26 Å². The van der Waals surface area contributed by atoms with Gasteiger partial charge in [0.25, 0.3) is 0 Å². The van der Waals surface area contributed by atoms with Crippen molar-refractivity contribution in [2.75, 3.05) is 6.54 Å². The summed E-state index contributed by atoms with van der Waals surface area (Å²) in [5.74, 6) is 0.232. The van der Waals surface area contributed by atoms with Gasteiger partial charge in [0, 0.05) is 12.5 Å². The number of nitrogens with zero attached hydrogens (tertiary/aromatic N) is 1. The van der Waals surface area contributed by atoms with Crippen LogP contribution in [0.2, 0.25) is 0 Å². The summed E-state index contributed by atoms with van der Waals surface area (Å²) < 4.78 is 27.1. The predicted octanol–water partition coefficient (Wildman–Crippen LogP) is 2.18. The molecule has 1 N–H and O–H groups in total. The van der Waals surface area contributed by atoms with E-state index in [9.17, 15) is 8.42 Å². The van der Waals surface area contributed by atoms with Gasteiger partial charge in [0.1, 0.15) is 0 Å². The smallest absolute Gasteiger partial charge is 0.211 e. The Labute approximate surface area is 124 Å². The van der Waals surface area contributed by atoms with Gasteiger partial charge in [-0.25, -0.2) is 13.1 Å². The minimum absolute atomic E-state index is 0.133. The number of sulfonamides is 1. The second-order valence-electron chi connectivity index (χ2n) is 5.09. The highest BCUT2D eigenvalue weighted by atomic mass is 32.2. The molecule has 0 fully saturated rings. The predicted molar refractivity (Wildman–Crippen MR) is 79.2 cm³/mol. The number of hydrogen-bond acceptors (Lipinski definition) is 3. The first-order valence-electron chi connectivity index (χ1n) is 6.68. The third-order valence-electron chi connectivity index (χ3n) is 3.75. The molecule has 0 bridgehead atoms. The number of rotatable bonds is 4. The fourth-order valence-corrected chi connectivity index (χ4v) is 3.70. The fourth-order valence-electron chi connectivity index (χ4n) is 2.57. The van der Waals surface area contributed by atoms with E-state index >= 15 is 0 Å². The quantitative estimate of drug-likeness (QED) is 0.940. The summed E-state index contributed by atoms with van der Waals surface area (Å²) in [6, 6.07) is 16.1. The molecule has 21 heavy (non-hydrogen) atoms. The molecule has 4 nitrogen and oxygen atoms in total. The molecule has 1 aliphatic rings. The largest absolute Gasteiger partial charge is 0.240 e. The number of hydrogen-bond donors (Lipinski definition) is 1. The van der Waals surface area contributed by atoms with E-state index in [1.165, 1.54) is 23.3 Å². The van der Waals surface area contributed by atoms with E-state index in [0.717, 1.165) is 6.42 Å². The topological polar surface area (TPSA) is 70.0 Å². The summed E-state index contributed by atoms with van der Waals surface area (Å²) in [5.41, 5.74) is 2.84. The average molecular weight is 298 g/mol. The standard InChI is InChI=1S/C16H14N2O2S/c17-10-12-4-3-6-15(8-12)21(19,20)18-11-14-9-13-5-1-2-7-16(13)14/h1-8,14,18H,9,11H2. The Hall–Kier alpha value is -2.16. The highest BCUT2D eigenvalue weighted by Gasteiger charge is 2.27. The number of benzene rings is 2. The molecule has 0 saturated heterocycles. The van der Waals surface area contributed by atoms with Crippen LogP contribution in [-0.4, -0.2) is 15.0 Å². The van der Waals surface area contributed by atoms with Gasteiger partial charge in [-0.3, -0.25) is 0 Å². The second kappa shape index (κ2) is 5.32. The van der Waals surface area contributed by atoms with Gasteiger partial charge >= 0.3 is 0 Å². The van der Waals surface area contributed by atoms with Gasteiger partial charge in [-0.1, -0.05) is 30.3 Å². The highest BCUT2D eigenvalue weighted by Crippen LogP contribution is 2.34. The van der Waals surface area contributed by atoms with Crippen molar-refractivity contribution >= 4 is 10.0 Å². The van der Waals surface area contributed by atoms with Gasteiger partial charge in [-0.05, 0) is 35.7 Å². The average Bonchev–Trinajstić information content (AvgIpc) is 2.48. The molecular weight excluding hydrogens is 284 g/mol. The van der Waals surface area contributed by atoms with Crippen molar-refractivity contribution in [2.24, 2.45) is 0 Å². The molecule has 1 aliphatic carbocycles. The lowest BCUT2D eigenvalue weighted by atomic mass is 9.78. The first kappa shape index (κ1) is 13.8. The maximum absolute atomic E-state index is 12.2. The Morgan fingerprint density at radius 3 is 2.76 bits per heavy atom. The summed E-state index contributed by atoms with van der Waals surface area (Å²) in [5, 5.41) is 8.84. The van der Waals surface area contributed by atoms with E-state index in [1.54, 1.807) is 12.1 Å². The lowest BCUT2D eigenvalue weighted by Crippen LogP contribution is -2.33. The molecule has 0 aliphatic heterocycles. The van der Waals surface area contributed by atoms with Crippen molar-refractivity contribution < 1.29 is 8.42 Å². The van der Waals surface area contributed by atoms with Crippen LogP contribution in [0, 0.1) is 11.3 Å². The lowest BCUT2D eigenvalue weighted by Gasteiger charge is -2.30. The Balaban J connectivity index is 1.72. The Morgan fingerprint density at radius 2 is 2.00 bits per heavy atom. The van der Waals surface area contributed by atoms with Crippen molar-refractivity contribution in [2.45, 2.75) is 17.2 Å². The fraction of sp³-hybridized carbons (Fsp3) is 0.188. The third-order valence-corrected chi connectivity index (χ3v) is 5.18. The van der Waals surface area contributed by atoms with E-state index < -0.39 is 10.0 Å². The highest BCUT2D eigenvalue weighted by molar-refractivity contribution is 7.89. The molecule has 0 spiro atoms. The monoisotopic (exact) mass is 298 g/mol. The summed E-state index contributed by atoms with van der Waals surface area (Å²) >= 11 is 0. The van der Waals surface area contributed by atoms with Crippen molar-refractivity contribution in [3.05, 3.63) is 65.2 Å². The molecule has 0 heterocycles. The van der Waals surface area contributed by atoms with Crippen LogP contribution < -0.4 is 4.72 Å². The Morgan fingerprint density at radius 1 is 1.19 bits per heavy atom. The van der Waals surface area contributed by atoms with Gasteiger partial charge in [-0.15, -0.1) is 0 Å². The second-order valence-corrected chi connectivity index (χ2v) is 6.86. The summed E-state index contributed by atoms with van der Waals surface area (Å²) in [7, 11) is -3.57. The zero-order valence-corrected chi connectivity index (χ0v) is 12.1. The van der Waals surface area contributed by atoms with E-state index in [0.29, 0.717) is 12.1 Å². The van der Waals surface area contributed by atoms with E-state index in [2.05, 4.69) is 10.8 Å². The number of nitriles is 1. The first-order valence-corrected chi connectivity index (χ1v) is 8.16. The lowest BCUT2D eigenvalue weighted by molar-refractivity contribution is 0.552. The minimum Gasteiger partial charge on any atom is -0.211 e. The maximum Gasteiger partial charge on any atom is 0.240 e. The Bertz CT molecular complexity index is 822. The van der Waals surface area contributed by atoms with Gasteiger partial charge in [0.15, 0.2) is 0 Å². The normalized spacial score (nSPS) is 16.6. The molecule has 0 saturated carbocycles. The molecule has 0 radical (unpaired) electrons. The number of fused-ring (bicyclic) bond motifs is 1. The van der Waals surface area contributed by atoms with Crippen LogP contribution in [0.1, 0.15) is 22.6 Å². The first-order chi connectivity index (χ1) is 10.1. The van der Waals surface area contributed by atoms with Crippen LogP contribution in [0.25, 0.3) is 0 Å². The molecular formula is C16H14N2O2S. The molecule has 0 aromatic heterocycles. The van der Waals surface area contributed by atoms with Crippen LogP contribution in [0.4, 0.5) is 0 Å². The molecule has 0 amide bonds. The van der Waals surface area contributed by atoms with Crippen molar-refractivity contribution in [1.29, 1.82) is 5.26 Å². The zero-order chi connectivity index (χ0) is 14.9. The van der Waals surface area contributed by atoms with E-state index in [1.807, 2.05) is 24.3 Å². The van der Waals surface area contributed by atoms with Crippen LogP contribution in [-0.2, 0) is 16.4 Å². The maximum atomic E-state index is 12.2. The number of nitrogens with one attached hydrogen (secondary N) is 1. The third kappa shape index (κ3) is 2.68. The van der Waals surface area contributed by atoms with Crippen molar-refractivity contribution in [3.63, 3.8) is 0 Å². The van der Waals surface area contributed by atoms with Gasteiger partial charge in [-0.2, -0.15) is 5.26 Å². The summed E-state index contributed by atoms with van der Waals surface area (Å²) in [6.45, 7) is 0.385. The van der Waals surface area contributed by atoms with Crippen molar-refractivity contribution in [3.8, 4) is 6.07 Å². The zero-order valence-electron chi connectivity index (χ0n) is 11.3. The Kier molecular flexibility index (Phi) is 3.50. The van der Waals surface area contributed by atoms with Crippen LogP contribution in [0.5, 0.6) is 0 Å². The van der Waals surface area contributed by atoms with Gasteiger partial charge < -0.3 is 0 Å². The van der Waals surface area contributed by atoms with E-state index in [-0.39, 0.29) is 10.8 Å². The van der Waals surface area contributed by atoms with Crippen LogP contribution in [0.15, 0.2) is 53.4 Å². The van der Waals surface area contributed by atoms with Gasteiger partial charge in [0.2, 0.25) is 10.0 Å². The molecule has 3 rings (SSSR count). The van der Waals surface area contributed by atoms with Crippen molar-refractivity contribution in [1.82, 2.24) is 4.72 Å². The molecule has 2 aromatic rings. The minimum atomic E-state index is -3.57. The molecule has 5 heteroatoms. The van der Waals surface area contributed by atoms with Crippen LogP contribution in [0.3, 0.4) is 0 Å². The SMILES string of the molecule is N#Cc1cccc(S(=O)(=O)NCC2Cc3ccccc32)c1.